The molecular weight excluding hydrogens is 188 g/mol. The molecule has 0 spiro atoms. The zero-order valence-corrected chi connectivity index (χ0v) is 7.98. The summed E-state index contributed by atoms with van der Waals surface area (Å²) in [5.74, 6) is -1.91. The van der Waals surface area contributed by atoms with E-state index >= 15 is 0 Å². The summed E-state index contributed by atoms with van der Waals surface area (Å²) in [5.41, 5.74) is -0.245. The number of hydrogen-bond acceptors (Lipinski definition) is 4. The fourth-order valence-electron chi connectivity index (χ4n) is 0.658. The third kappa shape index (κ3) is 3.75. The van der Waals surface area contributed by atoms with Crippen molar-refractivity contribution in [3.63, 3.8) is 0 Å². The average molecular weight is 200 g/mol. The van der Waals surface area contributed by atoms with Gasteiger partial charge < -0.3 is 14.9 Å². The lowest BCUT2D eigenvalue weighted by molar-refractivity contribution is -0.138. The summed E-state index contributed by atoms with van der Waals surface area (Å²) in [4.78, 5) is 21.4. The highest BCUT2D eigenvalue weighted by molar-refractivity contribution is 5.95. The Morgan fingerprint density at radius 1 is 1.43 bits per heavy atom. The molecule has 0 aromatic heterocycles. The second-order valence-corrected chi connectivity index (χ2v) is 2.44. The van der Waals surface area contributed by atoms with E-state index in [1.54, 1.807) is 6.92 Å². The molecule has 0 fully saturated rings. The van der Waals surface area contributed by atoms with Crippen molar-refractivity contribution >= 4 is 11.9 Å². The lowest BCUT2D eigenvalue weighted by Crippen LogP contribution is -2.08. The summed E-state index contributed by atoms with van der Waals surface area (Å²) in [6.45, 7) is 3.09. The van der Waals surface area contributed by atoms with Crippen molar-refractivity contribution in [2.24, 2.45) is 0 Å². The van der Waals surface area contributed by atoms with Crippen molar-refractivity contribution in [2.75, 3.05) is 6.61 Å². The largest absolute Gasteiger partial charge is 0.515 e. The molecule has 0 rings (SSSR count). The van der Waals surface area contributed by atoms with Crippen LogP contribution in [0, 0.1) is 0 Å². The topological polar surface area (TPSA) is 83.8 Å². The van der Waals surface area contributed by atoms with Gasteiger partial charge in [-0.25, -0.2) is 9.59 Å². The van der Waals surface area contributed by atoms with Gasteiger partial charge in [0.15, 0.2) is 0 Å². The second-order valence-electron chi connectivity index (χ2n) is 2.44. The van der Waals surface area contributed by atoms with Gasteiger partial charge in [0.25, 0.3) is 0 Å². The SMILES string of the molecule is CCOC(=O)C(C=C(C)C(=O)O)=CO. The minimum Gasteiger partial charge on any atom is -0.515 e. The van der Waals surface area contributed by atoms with Gasteiger partial charge in [-0.15, -0.1) is 0 Å². The molecule has 5 nitrogen and oxygen atoms in total. The Hall–Kier alpha value is -1.78. The number of aliphatic hydroxyl groups excluding tert-OH is 1. The van der Waals surface area contributed by atoms with Crippen molar-refractivity contribution in [3.05, 3.63) is 23.5 Å². The van der Waals surface area contributed by atoms with E-state index in [0.717, 1.165) is 6.08 Å². The number of esters is 1. The average Bonchev–Trinajstić information content (AvgIpc) is 2.13. The maximum absolute atomic E-state index is 11.0. The van der Waals surface area contributed by atoms with E-state index in [1.807, 2.05) is 0 Å². The minimum absolute atomic E-state index is 0.0571. The summed E-state index contributed by atoms with van der Waals surface area (Å²) in [6, 6.07) is 0. The van der Waals surface area contributed by atoms with E-state index in [0.29, 0.717) is 6.26 Å². The normalized spacial score (nSPS) is 12.4. The first-order valence-electron chi connectivity index (χ1n) is 3.96. The minimum atomic E-state index is -1.16. The molecule has 0 aromatic rings. The molecule has 0 heterocycles. The predicted molar refractivity (Wildman–Crippen MR) is 48.7 cm³/mol. The molecule has 0 unspecified atom stereocenters. The fourth-order valence-corrected chi connectivity index (χ4v) is 0.658. The van der Waals surface area contributed by atoms with Crippen molar-refractivity contribution in [1.29, 1.82) is 0 Å². The number of carbonyl (C=O) groups excluding carboxylic acids is 1. The molecule has 5 heteroatoms. The summed E-state index contributed by atoms with van der Waals surface area (Å²) >= 11 is 0. The highest BCUT2D eigenvalue weighted by Crippen LogP contribution is 2.04. The third-order valence-corrected chi connectivity index (χ3v) is 1.36. The summed E-state index contributed by atoms with van der Waals surface area (Å²) < 4.78 is 4.57. The van der Waals surface area contributed by atoms with Crippen LogP contribution in [-0.2, 0) is 14.3 Å². The molecule has 0 radical (unpaired) electrons. The van der Waals surface area contributed by atoms with Crippen LogP contribution < -0.4 is 0 Å². The van der Waals surface area contributed by atoms with Crippen LogP contribution in [0.15, 0.2) is 23.5 Å². The van der Waals surface area contributed by atoms with Crippen molar-refractivity contribution in [3.8, 4) is 0 Å². The van der Waals surface area contributed by atoms with E-state index in [-0.39, 0.29) is 17.8 Å². The van der Waals surface area contributed by atoms with Crippen molar-refractivity contribution < 1.29 is 24.5 Å². The molecule has 0 aliphatic rings. The Bertz CT molecular complexity index is 288. The monoisotopic (exact) mass is 200 g/mol. The van der Waals surface area contributed by atoms with Crippen LogP contribution in [0.25, 0.3) is 0 Å². The number of ether oxygens (including phenoxy) is 1. The first kappa shape index (κ1) is 12.2. The van der Waals surface area contributed by atoms with Gasteiger partial charge in [0.2, 0.25) is 0 Å². The summed E-state index contributed by atoms with van der Waals surface area (Å²) in [6.07, 6.45) is 1.56. The number of carboxylic acid groups (broad SMARTS) is 1. The van der Waals surface area contributed by atoms with Gasteiger partial charge in [-0.3, -0.25) is 0 Å². The summed E-state index contributed by atoms with van der Waals surface area (Å²) in [5, 5.41) is 17.2. The van der Waals surface area contributed by atoms with Crippen molar-refractivity contribution in [2.45, 2.75) is 13.8 Å². The first-order chi connectivity index (χ1) is 6.52. The van der Waals surface area contributed by atoms with E-state index in [4.69, 9.17) is 10.2 Å². The zero-order chi connectivity index (χ0) is 11.1. The second kappa shape index (κ2) is 5.80. The lowest BCUT2D eigenvalue weighted by atomic mass is 10.2. The number of carbonyl (C=O) groups is 2. The molecule has 0 saturated carbocycles. The Morgan fingerprint density at radius 3 is 2.36 bits per heavy atom. The maximum atomic E-state index is 11.0. The van der Waals surface area contributed by atoms with Gasteiger partial charge in [0.1, 0.15) is 0 Å². The first-order valence-corrected chi connectivity index (χ1v) is 3.96. The molecule has 78 valence electrons. The molecule has 0 atom stereocenters. The predicted octanol–water partition coefficient (Wildman–Crippen LogP) is 1.02. The summed E-state index contributed by atoms with van der Waals surface area (Å²) in [7, 11) is 0. The van der Waals surface area contributed by atoms with Gasteiger partial charge in [-0.1, -0.05) is 0 Å². The molecule has 0 aliphatic carbocycles. The number of carboxylic acids is 1. The molecule has 14 heavy (non-hydrogen) atoms. The van der Waals surface area contributed by atoms with Crippen LogP contribution in [0.5, 0.6) is 0 Å². The zero-order valence-electron chi connectivity index (χ0n) is 7.98. The van der Waals surface area contributed by atoms with Gasteiger partial charge in [0, 0.05) is 5.57 Å². The van der Waals surface area contributed by atoms with Crippen LogP contribution in [0.3, 0.4) is 0 Å². The van der Waals surface area contributed by atoms with Crippen LogP contribution in [0.2, 0.25) is 0 Å². The molecular formula is C9H12O5. The number of aliphatic carboxylic acids is 1. The van der Waals surface area contributed by atoms with Crippen LogP contribution in [-0.4, -0.2) is 28.8 Å². The molecule has 0 aliphatic heterocycles. The number of hydrogen-bond donors (Lipinski definition) is 2. The number of rotatable bonds is 4. The highest BCUT2D eigenvalue weighted by atomic mass is 16.5. The molecule has 0 bridgehead atoms. The molecule has 2 N–H and O–H groups in total. The Balaban J connectivity index is 4.69. The van der Waals surface area contributed by atoms with E-state index < -0.39 is 11.9 Å². The Kier molecular flexibility index (Phi) is 5.06. The number of aliphatic hydroxyl groups is 1. The van der Waals surface area contributed by atoms with Crippen LogP contribution in [0.4, 0.5) is 0 Å². The van der Waals surface area contributed by atoms with Gasteiger partial charge in [0.05, 0.1) is 18.4 Å². The van der Waals surface area contributed by atoms with Crippen LogP contribution in [0.1, 0.15) is 13.8 Å². The van der Waals surface area contributed by atoms with Gasteiger partial charge in [-0.2, -0.15) is 0 Å². The Morgan fingerprint density at radius 2 is 2.00 bits per heavy atom. The van der Waals surface area contributed by atoms with E-state index in [2.05, 4.69) is 4.74 Å². The van der Waals surface area contributed by atoms with Gasteiger partial charge in [-0.05, 0) is 19.9 Å². The standard InChI is InChI=1S/C9H12O5/c1-3-14-9(13)7(5-10)4-6(2)8(11)12/h4-5,10H,3H2,1-2H3,(H,11,12). The maximum Gasteiger partial charge on any atom is 0.341 e. The third-order valence-electron chi connectivity index (χ3n) is 1.36. The molecule has 0 amide bonds. The fraction of sp³-hybridized carbons (Fsp3) is 0.333. The lowest BCUT2D eigenvalue weighted by Gasteiger charge is -2.01. The molecule has 0 saturated heterocycles. The van der Waals surface area contributed by atoms with E-state index in [9.17, 15) is 9.59 Å². The van der Waals surface area contributed by atoms with Crippen LogP contribution >= 0.6 is 0 Å². The highest BCUT2D eigenvalue weighted by Gasteiger charge is 2.10. The van der Waals surface area contributed by atoms with E-state index in [1.165, 1.54) is 6.92 Å². The quantitative estimate of drug-likeness (QED) is 0.306. The molecule has 0 aromatic carbocycles. The smallest absolute Gasteiger partial charge is 0.341 e. The Labute approximate surface area is 81.3 Å². The van der Waals surface area contributed by atoms with Gasteiger partial charge >= 0.3 is 11.9 Å². The van der Waals surface area contributed by atoms with Crippen molar-refractivity contribution in [1.82, 2.24) is 0 Å².